The number of anilines is 1. The van der Waals surface area contributed by atoms with Crippen LogP contribution in [0.1, 0.15) is 71.1 Å². The zero-order valence-electron chi connectivity index (χ0n) is 22.1. The van der Waals surface area contributed by atoms with Gasteiger partial charge < -0.3 is 19.1 Å². The Morgan fingerprint density at radius 1 is 0.868 bits per heavy atom. The highest BCUT2D eigenvalue weighted by Crippen LogP contribution is 2.55. The zero-order chi connectivity index (χ0) is 26.5. The first kappa shape index (κ1) is 25.8. The fourth-order valence-electron chi connectivity index (χ4n) is 6.11. The number of esters is 2. The van der Waals surface area contributed by atoms with E-state index in [0.29, 0.717) is 18.1 Å². The Hall–Kier alpha value is -3.80. The lowest BCUT2D eigenvalue weighted by Crippen LogP contribution is -2.34. The van der Waals surface area contributed by atoms with Crippen LogP contribution >= 0.6 is 0 Å². The maximum atomic E-state index is 12.6. The van der Waals surface area contributed by atoms with Gasteiger partial charge in [-0.15, -0.1) is 0 Å². The summed E-state index contributed by atoms with van der Waals surface area (Å²) >= 11 is 0. The van der Waals surface area contributed by atoms with Crippen LogP contribution in [-0.2, 0) is 20.9 Å². The third kappa shape index (κ3) is 5.40. The number of benzene rings is 3. The van der Waals surface area contributed by atoms with E-state index in [4.69, 9.17) is 14.2 Å². The predicted molar refractivity (Wildman–Crippen MR) is 146 cm³/mol. The van der Waals surface area contributed by atoms with Gasteiger partial charge in [0.15, 0.2) is 0 Å². The molecule has 1 saturated carbocycles. The van der Waals surface area contributed by atoms with E-state index in [2.05, 4.69) is 23.1 Å². The van der Waals surface area contributed by atoms with Crippen molar-refractivity contribution < 1.29 is 23.8 Å². The summed E-state index contributed by atoms with van der Waals surface area (Å²) < 4.78 is 16.1. The van der Waals surface area contributed by atoms with Crippen LogP contribution in [0.3, 0.4) is 0 Å². The molecule has 0 aromatic heterocycles. The monoisotopic (exact) mass is 513 g/mol. The second-order valence-electron chi connectivity index (χ2n) is 10.2. The summed E-state index contributed by atoms with van der Waals surface area (Å²) in [4.78, 5) is 27.1. The Bertz CT molecular complexity index is 1250. The summed E-state index contributed by atoms with van der Waals surface area (Å²) in [6, 6.07) is 24.1. The number of ether oxygens (including phenoxy) is 3. The Morgan fingerprint density at radius 3 is 2.29 bits per heavy atom. The molecule has 38 heavy (non-hydrogen) atoms. The molecule has 2 atom stereocenters. The number of hydrogen-bond acceptors (Lipinski definition) is 6. The van der Waals surface area contributed by atoms with Crippen molar-refractivity contribution in [3.8, 4) is 5.75 Å². The molecule has 0 amide bonds. The van der Waals surface area contributed by atoms with Gasteiger partial charge in [-0.3, -0.25) is 4.79 Å². The van der Waals surface area contributed by atoms with Gasteiger partial charge in [0, 0.05) is 11.6 Å². The van der Waals surface area contributed by atoms with Gasteiger partial charge in [-0.2, -0.15) is 0 Å². The summed E-state index contributed by atoms with van der Waals surface area (Å²) in [6.07, 6.45) is 6.01. The SMILES string of the molecule is COC(=O)CN1c2cc(C(=O)OC)ccc2C(C2CCCCC2)C1c1ccc(OCc2ccccc2)cc1. The molecule has 1 heterocycles. The van der Waals surface area contributed by atoms with Crippen LogP contribution < -0.4 is 9.64 Å². The van der Waals surface area contributed by atoms with Crippen molar-refractivity contribution in [3.63, 3.8) is 0 Å². The first-order valence-electron chi connectivity index (χ1n) is 13.4. The first-order chi connectivity index (χ1) is 18.6. The van der Waals surface area contributed by atoms with Crippen molar-refractivity contribution in [2.24, 2.45) is 5.92 Å². The summed E-state index contributed by atoms with van der Waals surface area (Å²) in [5.74, 6) is 0.806. The minimum absolute atomic E-state index is 0.0525. The highest BCUT2D eigenvalue weighted by atomic mass is 16.5. The van der Waals surface area contributed by atoms with Crippen molar-refractivity contribution in [1.82, 2.24) is 0 Å². The Labute approximate surface area is 224 Å². The van der Waals surface area contributed by atoms with E-state index in [1.165, 1.54) is 39.0 Å². The van der Waals surface area contributed by atoms with E-state index in [0.717, 1.165) is 35.4 Å². The summed E-state index contributed by atoms with van der Waals surface area (Å²) in [5, 5.41) is 0. The fourth-order valence-corrected chi connectivity index (χ4v) is 6.11. The number of carbonyl (C=O) groups excluding carboxylic acids is 2. The van der Waals surface area contributed by atoms with Crippen LogP contribution in [0.15, 0.2) is 72.8 Å². The maximum Gasteiger partial charge on any atom is 0.337 e. The summed E-state index contributed by atoms with van der Waals surface area (Å²) in [5.41, 5.74) is 4.80. The second-order valence-corrected chi connectivity index (χ2v) is 10.2. The molecule has 0 bridgehead atoms. The van der Waals surface area contributed by atoms with E-state index in [1.807, 2.05) is 54.6 Å². The third-order valence-electron chi connectivity index (χ3n) is 7.95. The molecule has 3 aromatic carbocycles. The molecule has 1 aliphatic heterocycles. The minimum Gasteiger partial charge on any atom is -0.489 e. The van der Waals surface area contributed by atoms with Gasteiger partial charge in [-0.05, 0) is 59.7 Å². The molecule has 1 fully saturated rings. The number of methoxy groups -OCH3 is 2. The van der Waals surface area contributed by atoms with E-state index in [1.54, 1.807) is 0 Å². The quantitative estimate of drug-likeness (QED) is 0.323. The predicted octanol–water partition coefficient (Wildman–Crippen LogP) is 6.45. The van der Waals surface area contributed by atoms with Crippen LogP contribution in [0.5, 0.6) is 5.75 Å². The van der Waals surface area contributed by atoms with Crippen LogP contribution in [0, 0.1) is 5.92 Å². The molecule has 0 radical (unpaired) electrons. The molecule has 0 spiro atoms. The van der Waals surface area contributed by atoms with Crippen LogP contribution in [0.4, 0.5) is 5.69 Å². The summed E-state index contributed by atoms with van der Waals surface area (Å²) in [7, 11) is 2.80. The van der Waals surface area contributed by atoms with E-state index in [9.17, 15) is 9.59 Å². The average Bonchev–Trinajstić information content (AvgIpc) is 3.29. The number of carbonyl (C=O) groups is 2. The average molecular weight is 514 g/mol. The number of hydrogen-bond donors (Lipinski definition) is 0. The van der Waals surface area contributed by atoms with E-state index < -0.39 is 0 Å². The Balaban J connectivity index is 1.50. The molecular weight excluding hydrogens is 478 g/mol. The summed E-state index contributed by atoms with van der Waals surface area (Å²) in [6.45, 7) is 0.610. The third-order valence-corrected chi connectivity index (χ3v) is 7.95. The Kier molecular flexibility index (Phi) is 7.97. The molecule has 3 aromatic rings. The van der Waals surface area contributed by atoms with Gasteiger partial charge in [0.05, 0.1) is 25.8 Å². The number of rotatable bonds is 8. The molecule has 2 unspecified atom stereocenters. The highest BCUT2D eigenvalue weighted by Gasteiger charge is 2.44. The number of fused-ring (bicyclic) bond motifs is 1. The molecule has 6 nitrogen and oxygen atoms in total. The molecule has 198 valence electrons. The van der Waals surface area contributed by atoms with Gasteiger partial charge in [-0.1, -0.05) is 67.8 Å². The lowest BCUT2D eigenvalue weighted by atomic mass is 9.73. The van der Waals surface area contributed by atoms with Gasteiger partial charge in [0.2, 0.25) is 0 Å². The van der Waals surface area contributed by atoms with Gasteiger partial charge in [-0.25, -0.2) is 4.79 Å². The minimum atomic E-state index is -0.386. The second kappa shape index (κ2) is 11.7. The smallest absolute Gasteiger partial charge is 0.337 e. The van der Waals surface area contributed by atoms with Crippen molar-refractivity contribution in [3.05, 3.63) is 95.1 Å². The molecule has 5 rings (SSSR count). The van der Waals surface area contributed by atoms with Crippen molar-refractivity contribution in [2.75, 3.05) is 25.7 Å². The number of nitrogens with zero attached hydrogens (tertiary/aromatic N) is 1. The molecule has 2 aliphatic rings. The largest absolute Gasteiger partial charge is 0.489 e. The van der Waals surface area contributed by atoms with Crippen molar-refractivity contribution in [2.45, 2.75) is 50.7 Å². The van der Waals surface area contributed by atoms with Crippen LogP contribution in [0.25, 0.3) is 0 Å². The molecule has 1 aliphatic carbocycles. The maximum absolute atomic E-state index is 12.6. The van der Waals surface area contributed by atoms with Crippen molar-refractivity contribution in [1.29, 1.82) is 0 Å². The molecule has 0 N–H and O–H groups in total. The zero-order valence-corrected chi connectivity index (χ0v) is 22.1. The molecular formula is C32H35NO5. The molecule has 0 saturated heterocycles. The highest BCUT2D eigenvalue weighted by molar-refractivity contribution is 5.91. The Morgan fingerprint density at radius 2 is 1.61 bits per heavy atom. The lowest BCUT2D eigenvalue weighted by molar-refractivity contribution is -0.139. The van der Waals surface area contributed by atoms with E-state index >= 15 is 0 Å². The first-order valence-corrected chi connectivity index (χ1v) is 13.4. The standard InChI is InChI=1S/C32H35NO5/c1-36-29(34)20-33-28-19-25(32(35)37-2)15-18-27(28)30(23-11-7-4-8-12-23)31(33)24-13-16-26(17-14-24)38-21-22-9-5-3-6-10-22/h3,5-6,9-10,13-19,23,30-31H,4,7-8,11-12,20-21H2,1-2H3. The lowest BCUT2D eigenvalue weighted by Gasteiger charge is -2.35. The molecule has 6 heteroatoms. The topological polar surface area (TPSA) is 65.1 Å². The van der Waals surface area contributed by atoms with Crippen LogP contribution in [0.2, 0.25) is 0 Å². The van der Waals surface area contributed by atoms with Gasteiger partial charge in [0.25, 0.3) is 0 Å². The van der Waals surface area contributed by atoms with Crippen LogP contribution in [-0.4, -0.2) is 32.7 Å². The van der Waals surface area contributed by atoms with Crippen molar-refractivity contribution >= 4 is 17.6 Å². The fraction of sp³-hybridized carbons (Fsp3) is 0.375. The van der Waals surface area contributed by atoms with Gasteiger partial charge >= 0.3 is 11.9 Å². The van der Waals surface area contributed by atoms with Gasteiger partial charge in [0.1, 0.15) is 18.9 Å². The normalized spacial score (nSPS) is 19.1. The van der Waals surface area contributed by atoms with E-state index in [-0.39, 0.29) is 30.4 Å².